The zero-order valence-electron chi connectivity index (χ0n) is 8.87. The summed E-state index contributed by atoms with van der Waals surface area (Å²) in [6, 6.07) is 0. The third-order valence-corrected chi connectivity index (χ3v) is 4.41. The lowest BCUT2D eigenvalue weighted by Crippen LogP contribution is -2.42. The first kappa shape index (κ1) is 10.3. The Hall–Kier alpha value is -0.180. The first-order chi connectivity index (χ1) is 6.77. The van der Waals surface area contributed by atoms with Crippen LogP contribution in [0.5, 0.6) is 0 Å². The molecule has 0 bridgehead atoms. The molecule has 2 unspecified atom stereocenters. The number of rotatable bonds is 1. The van der Waals surface area contributed by atoms with Crippen LogP contribution in [-0.2, 0) is 4.79 Å². The van der Waals surface area contributed by atoms with Crippen molar-refractivity contribution in [3.63, 3.8) is 0 Å². The fourth-order valence-corrected chi connectivity index (χ4v) is 3.59. The van der Waals surface area contributed by atoms with Gasteiger partial charge in [0.05, 0.1) is 0 Å². The number of hydrogen-bond acceptors (Lipinski definition) is 2. The van der Waals surface area contributed by atoms with Crippen molar-refractivity contribution in [2.45, 2.75) is 26.2 Å². The molecule has 80 valence electrons. The Balaban J connectivity index is 1.89. The van der Waals surface area contributed by atoms with Gasteiger partial charge in [0, 0.05) is 24.8 Å². The Morgan fingerprint density at radius 2 is 2.29 bits per heavy atom. The molecule has 0 aliphatic carbocycles. The van der Waals surface area contributed by atoms with E-state index in [-0.39, 0.29) is 0 Å². The minimum atomic E-state index is 0.338. The Labute approximate surface area is 90.4 Å². The van der Waals surface area contributed by atoms with E-state index in [1.54, 1.807) is 0 Å². The molecule has 0 aromatic heterocycles. The SMILES string of the molecule is CC1CCCN(C(=O)C2CCSC2)C1. The molecule has 3 heteroatoms. The fourth-order valence-electron chi connectivity index (χ4n) is 2.38. The number of hydrogen-bond donors (Lipinski definition) is 0. The maximum atomic E-state index is 12.1. The lowest BCUT2D eigenvalue weighted by molar-refractivity contribution is -0.136. The number of carbonyl (C=O) groups is 1. The van der Waals surface area contributed by atoms with Crippen molar-refractivity contribution in [2.24, 2.45) is 11.8 Å². The van der Waals surface area contributed by atoms with Crippen molar-refractivity contribution in [3.8, 4) is 0 Å². The number of carbonyl (C=O) groups excluding carboxylic acids is 1. The maximum Gasteiger partial charge on any atom is 0.226 e. The molecule has 0 saturated carbocycles. The van der Waals surface area contributed by atoms with Gasteiger partial charge in [-0.3, -0.25) is 4.79 Å². The zero-order valence-corrected chi connectivity index (χ0v) is 9.68. The van der Waals surface area contributed by atoms with Crippen LogP contribution in [0.3, 0.4) is 0 Å². The monoisotopic (exact) mass is 213 g/mol. The predicted octanol–water partition coefficient (Wildman–Crippen LogP) is 2.00. The summed E-state index contributed by atoms with van der Waals surface area (Å²) in [6.07, 6.45) is 3.60. The van der Waals surface area contributed by atoms with Crippen LogP contribution in [0.1, 0.15) is 26.2 Å². The van der Waals surface area contributed by atoms with Crippen LogP contribution in [0.2, 0.25) is 0 Å². The van der Waals surface area contributed by atoms with Crippen molar-refractivity contribution in [2.75, 3.05) is 24.6 Å². The van der Waals surface area contributed by atoms with Crippen molar-refractivity contribution >= 4 is 17.7 Å². The summed E-state index contributed by atoms with van der Waals surface area (Å²) in [7, 11) is 0. The minimum Gasteiger partial charge on any atom is -0.342 e. The molecule has 2 atom stereocenters. The molecule has 0 spiro atoms. The Morgan fingerprint density at radius 1 is 1.43 bits per heavy atom. The average Bonchev–Trinajstić information content (AvgIpc) is 2.69. The Morgan fingerprint density at radius 3 is 2.93 bits per heavy atom. The van der Waals surface area contributed by atoms with Gasteiger partial charge in [-0.2, -0.15) is 11.8 Å². The minimum absolute atomic E-state index is 0.338. The van der Waals surface area contributed by atoms with Crippen molar-refractivity contribution in [3.05, 3.63) is 0 Å². The van der Waals surface area contributed by atoms with E-state index < -0.39 is 0 Å². The summed E-state index contributed by atoms with van der Waals surface area (Å²) in [5.41, 5.74) is 0. The third-order valence-electron chi connectivity index (χ3n) is 3.25. The Bertz CT molecular complexity index is 213. The number of amides is 1. The summed E-state index contributed by atoms with van der Waals surface area (Å²) in [5.74, 6) is 3.72. The van der Waals surface area contributed by atoms with Gasteiger partial charge < -0.3 is 4.90 Å². The number of thioether (sulfide) groups is 1. The first-order valence-corrected chi connectivity index (χ1v) is 6.79. The van der Waals surface area contributed by atoms with E-state index in [0.29, 0.717) is 17.7 Å². The lowest BCUT2D eigenvalue weighted by Gasteiger charge is -2.32. The molecule has 0 N–H and O–H groups in total. The van der Waals surface area contributed by atoms with Crippen LogP contribution < -0.4 is 0 Å². The highest BCUT2D eigenvalue weighted by Crippen LogP contribution is 2.27. The maximum absolute atomic E-state index is 12.1. The molecule has 2 aliphatic heterocycles. The van der Waals surface area contributed by atoms with Crippen LogP contribution in [0, 0.1) is 11.8 Å². The molecule has 2 heterocycles. The van der Waals surface area contributed by atoms with Gasteiger partial charge in [0.1, 0.15) is 0 Å². The summed E-state index contributed by atoms with van der Waals surface area (Å²) in [6.45, 7) is 4.26. The van der Waals surface area contributed by atoms with Gasteiger partial charge in [0.25, 0.3) is 0 Å². The fraction of sp³-hybridized carbons (Fsp3) is 0.909. The molecule has 0 aromatic rings. The third kappa shape index (κ3) is 2.25. The van der Waals surface area contributed by atoms with E-state index in [9.17, 15) is 4.79 Å². The molecular weight excluding hydrogens is 194 g/mol. The van der Waals surface area contributed by atoms with Gasteiger partial charge in [0.2, 0.25) is 5.91 Å². The quantitative estimate of drug-likeness (QED) is 0.664. The number of piperidine rings is 1. The summed E-state index contributed by atoms with van der Waals surface area (Å²) in [5, 5.41) is 0. The van der Waals surface area contributed by atoms with E-state index in [1.807, 2.05) is 11.8 Å². The highest BCUT2D eigenvalue weighted by Gasteiger charge is 2.29. The predicted molar refractivity (Wildman–Crippen MR) is 60.4 cm³/mol. The molecule has 2 aliphatic rings. The normalized spacial score (nSPS) is 33.4. The van der Waals surface area contributed by atoms with Crippen LogP contribution in [0.4, 0.5) is 0 Å². The van der Waals surface area contributed by atoms with Gasteiger partial charge in [-0.1, -0.05) is 6.92 Å². The summed E-state index contributed by atoms with van der Waals surface area (Å²) in [4.78, 5) is 14.2. The second-order valence-corrected chi connectivity index (χ2v) is 5.74. The molecule has 0 aromatic carbocycles. The number of likely N-dealkylation sites (tertiary alicyclic amines) is 1. The standard InChI is InChI=1S/C11H19NOS/c1-9-3-2-5-12(7-9)11(13)10-4-6-14-8-10/h9-10H,2-8H2,1H3. The van der Waals surface area contributed by atoms with Crippen LogP contribution in [0.15, 0.2) is 0 Å². The van der Waals surface area contributed by atoms with Gasteiger partial charge >= 0.3 is 0 Å². The van der Waals surface area contributed by atoms with Crippen molar-refractivity contribution < 1.29 is 4.79 Å². The van der Waals surface area contributed by atoms with E-state index in [2.05, 4.69) is 11.8 Å². The molecule has 2 saturated heterocycles. The van der Waals surface area contributed by atoms with E-state index >= 15 is 0 Å². The topological polar surface area (TPSA) is 20.3 Å². The molecule has 0 radical (unpaired) electrons. The van der Waals surface area contributed by atoms with E-state index in [4.69, 9.17) is 0 Å². The first-order valence-electron chi connectivity index (χ1n) is 5.64. The zero-order chi connectivity index (χ0) is 9.97. The van der Waals surface area contributed by atoms with E-state index in [1.165, 1.54) is 18.6 Å². The molecule has 2 nitrogen and oxygen atoms in total. The van der Waals surface area contributed by atoms with Crippen molar-refractivity contribution in [1.82, 2.24) is 4.90 Å². The molecule has 14 heavy (non-hydrogen) atoms. The number of nitrogens with zero attached hydrogens (tertiary/aromatic N) is 1. The second-order valence-electron chi connectivity index (χ2n) is 4.59. The van der Waals surface area contributed by atoms with Crippen LogP contribution >= 0.6 is 11.8 Å². The van der Waals surface area contributed by atoms with E-state index in [0.717, 1.165) is 25.3 Å². The Kier molecular flexibility index (Phi) is 3.37. The lowest BCUT2D eigenvalue weighted by atomic mass is 9.98. The van der Waals surface area contributed by atoms with Gasteiger partial charge in [-0.15, -0.1) is 0 Å². The van der Waals surface area contributed by atoms with Crippen LogP contribution in [0.25, 0.3) is 0 Å². The molecule has 2 fully saturated rings. The van der Waals surface area contributed by atoms with Gasteiger partial charge in [-0.05, 0) is 30.9 Å². The largest absolute Gasteiger partial charge is 0.342 e. The summed E-state index contributed by atoms with van der Waals surface area (Å²) >= 11 is 1.93. The molecule has 1 amide bonds. The van der Waals surface area contributed by atoms with Gasteiger partial charge in [-0.25, -0.2) is 0 Å². The highest BCUT2D eigenvalue weighted by atomic mass is 32.2. The summed E-state index contributed by atoms with van der Waals surface area (Å²) < 4.78 is 0. The van der Waals surface area contributed by atoms with Gasteiger partial charge in [0.15, 0.2) is 0 Å². The van der Waals surface area contributed by atoms with Crippen molar-refractivity contribution in [1.29, 1.82) is 0 Å². The smallest absolute Gasteiger partial charge is 0.226 e. The average molecular weight is 213 g/mol. The van der Waals surface area contributed by atoms with Crippen LogP contribution in [-0.4, -0.2) is 35.4 Å². The molecular formula is C11H19NOS. The second kappa shape index (κ2) is 4.56. The molecule has 2 rings (SSSR count). The highest BCUT2D eigenvalue weighted by molar-refractivity contribution is 7.99.